The first kappa shape index (κ1) is 25.3. The van der Waals surface area contributed by atoms with Gasteiger partial charge in [-0.2, -0.15) is 4.31 Å². The summed E-state index contributed by atoms with van der Waals surface area (Å²) in [6.45, 7) is 4.70. The fourth-order valence-corrected chi connectivity index (χ4v) is 4.54. The summed E-state index contributed by atoms with van der Waals surface area (Å²) in [5.74, 6) is -0.413. The maximum absolute atomic E-state index is 12.9. The Hall–Kier alpha value is -3.28. The number of ether oxygens (including phenoxy) is 1. The lowest BCUT2D eigenvalue weighted by atomic mass is 10.3. The quantitative estimate of drug-likeness (QED) is 0.401. The Bertz CT molecular complexity index is 1250. The van der Waals surface area contributed by atoms with Crippen LogP contribution in [0.2, 0.25) is 0 Å². The number of nitrogens with one attached hydrogen (secondary N) is 2. The third kappa shape index (κ3) is 6.19. The lowest BCUT2D eigenvalue weighted by molar-refractivity contribution is -0.116. The van der Waals surface area contributed by atoms with E-state index in [1.165, 1.54) is 38.2 Å². The number of aromatic nitrogens is 2. The number of aryl methyl sites for hydroxylation is 1. The Balaban J connectivity index is 1.71. The molecule has 2 N–H and O–H groups in total. The highest BCUT2D eigenvalue weighted by atomic mass is 32.2. The van der Waals surface area contributed by atoms with Gasteiger partial charge in [-0.25, -0.2) is 13.4 Å². The van der Waals surface area contributed by atoms with E-state index in [2.05, 4.69) is 15.6 Å². The summed E-state index contributed by atoms with van der Waals surface area (Å²) < 4.78 is 34.0. The van der Waals surface area contributed by atoms with Crippen molar-refractivity contribution in [2.75, 3.05) is 37.4 Å². The number of nitrogens with zero attached hydrogens (tertiary/aromatic N) is 3. The van der Waals surface area contributed by atoms with Gasteiger partial charge >= 0.3 is 0 Å². The molecule has 3 aromatic rings. The van der Waals surface area contributed by atoms with Crippen molar-refractivity contribution in [3.63, 3.8) is 0 Å². The minimum absolute atomic E-state index is 0.0139. The molecule has 182 valence electrons. The summed E-state index contributed by atoms with van der Waals surface area (Å²) in [6, 6.07) is 13.3. The number of carbonyl (C=O) groups excluding carboxylic acids is 2. The number of amides is 2. The predicted octanol–water partition coefficient (Wildman–Crippen LogP) is 2.68. The third-order valence-electron chi connectivity index (χ3n) is 5.03. The smallest absolute Gasteiger partial charge is 0.243 e. The van der Waals surface area contributed by atoms with Gasteiger partial charge in [0.15, 0.2) is 0 Å². The molecule has 0 aliphatic heterocycles. The standard InChI is InChI=1S/C23H29N5O5S/c1-4-33-15-7-14-28-21-9-6-5-8-20(21)25-23(28)26-22(30)16-27(3)34(31,32)19-12-10-18(11-13-19)24-17(2)29/h5-6,8-13H,4,7,14-16H2,1-3H3,(H,24,29)(H,25,26,30). The Morgan fingerprint density at radius 1 is 1.09 bits per heavy atom. The van der Waals surface area contributed by atoms with Crippen LogP contribution in [0.3, 0.4) is 0 Å². The first-order chi connectivity index (χ1) is 16.2. The van der Waals surface area contributed by atoms with E-state index in [9.17, 15) is 18.0 Å². The number of likely N-dealkylation sites (N-methyl/N-ethyl adjacent to an activating group) is 1. The minimum Gasteiger partial charge on any atom is -0.382 e. The number of hydrogen-bond donors (Lipinski definition) is 2. The number of para-hydroxylation sites is 2. The Labute approximate surface area is 199 Å². The lowest BCUT2D eigenvalue weighted by Gasteiger charge is -2.17. The fourth-order valence-electron chi connectivity index (χ4n) is 3.41. The van der Waals surface area contributed by atoms with Crippen molar-refractivity contribution in [1.82, 2.24) is 13.9 Å². The number of sulfonamides is 1. The fraction of sp³-hybridized carbons (Fsp3) is 0.348. The second-order valence-corrected chi connectivity index (χ2v) is 9.69. The maximum atomic E-state index is 12.9. The Morgan fingerprint density at radius 3 is 2.47 bits per heavy atom. The van der Waals surface area contributed by atoms with Gasteiger partial charge in [-0.3, -0.25) is 14.9 Å². The highest BCUT2D eigenvalue weighted by molar-refractivity contribution is 7.89. The highest BCUT2D eigenvalue weighted by Crippen LogP contribution is 2.21. The van der Waals surface area contributed by atoms with Crippen molar-refractivity contribution in [2.24, 2.45) is 0 Å². The molecule has 3 rings (SSSR count). The van der Waals surface area contributed by atoms with Crippen LogP contribution in [-0.2, 0) is 30.9 Å². The second kappa shape index (κ2) is 11.2. The molecule has 0 aliphatic rings. The van der Waals surface area contributed by atoms with Gasteiger partial charge < -0.3 is 14.6 Å². The van der Waals surface area contributed by atoms with Gasteiger partial charge in [0, 0.05) is 39.4 Å². The average Bonchev–Trinajstić information content (AvgIpc) is 3.13. The van der Waals surface area contributed by atoms with E-state index in [0.29, 0.717) is 31.4 Å². The van der Waals surface area contributed by atoms with Gasteiger partial charge in [-0.15, -0.1) is 0 Å². The van der Waals surface area contributed by atoms with E-state index in [1.807, 2.05) is 35.8 Å². The van der Waals surface area contributed by atoms with Crippen LogP contribution in [0.4, 0.5) is 11.6 Å². The van der Waals surface area contributed by atoms with E-state index < -0.39 is 22.5 Å². The molecule has 1 aromatic heterocycles. The van der Waals surface area contributed by atoms with Crippen molar-refractivity contribution in [3.8, 4) is 0 Å². The summed E-state index contributed by atoms with van der Waals surface area (Å²) in [5, 5.41) is 5.33. The summed E-state index contributed by atoms with van der Waals surface area (Å²) in [6.07, 6.45) is 0.736. The summed E-state index contributed by atoms with van der Waals surface area (Å²) in [5.41, 5.74) is 2.08. The average molecular weight is 488 g/mol. The molecule has 0 bridgehead atoms. The Morgan fingerprint density at radius 2 is 1.79 bits per heavy atom. The molecule has 2 amide bonds. The van der Waals surface area contributed by atoms with Gasteiger partial charge in [-0.05, 0) is 49.7 Å². The normalized spacial score (nSPS) is 11.6. The van der Waals surface area contributed by atoms with Crippen molar-refractivity contribution >= 4 is 44.5 Å². The maximum Gasteiger partial charge on any atom is 0.243 e. The summed E-state index contributed by atoms with van der Waals surface area (Å²) in [7, 11) is -2.58. The van der Waals surface area contributed by atoms with E-state index in [0.717, 1.165) is 21.8 Å². The SMILES string of the molecule is CCOCCCn1c(NC(=O)CN(C)S(=O)(=O)c2ccc(NC(C)=O)cc2)nc2ccccc21. The molecule has 0 spiro atoms. The predicted molar refractivity (Wildman–Crippen MR) is 130 cm³/mol. The van der Waals surface area contributed by atoms with Gasteiger partial charge in [0.2, 0.25) is 27.8 Å². The molecule has 10 nitrogen and oxygen atoms in total. The molecule has 11 heteroatoms. The van der Waals surface area contributed by atoms with Crippen molar-refractivity contribution in [3.05, 3.63) is 48.5 Å². The molecule has 0 aliphatic carbocycles. The molecule has 0 saturated heterocycles. The van der Waals surface area contributed by atoms with Gasteiger partial charge in [0.25, 0.3) is 0 Å². The minimum atomic E-state index is -3.91. The monoisotopic (exact) mass is 487 g/mol. The number of benzene rings is 2. The zero-order chi connectivity index (χ0) is 24.7. The van der Waals surface area contributed by atoms with Crippen LogP contribution < -0.4 is 10.6 Å². The van der Waals surface area contributed by atoms with Gasteiger partial charge in [0.1, 0.15) is 0 Å². The van der Waals surface area contributed by atoms with Crippen LogP contribution in [0.25, 0.3) is 11.0 Å². The zero-order valence-corrected chi connectivity index (χ0v) is 20.3. The third-order valence-corrected chi connectivity index (χ3v) is 6.85. The molecule has 2 aromatic carbocycles. The summed E-state index contributed by atoms with van der Waals surface area (Å²) >= 11 is 0. The molecular formula is C23H29N5O5S. The van der Waals surface area contributed by atoms with E-state index in [1.54, 1.807) is 0 Å². The van der Waals surface area contributed by atoms with Crippen molar-refractivity contribution in [2.45, 2.75) is 31.7 Å². The second-order valence-electron chi connectivity index (χ2n) is 7.64. The molecule has 0 saturated carbocycles. The summed E-state index contributed by atoms with van der Waals surface area (Å²) in [4.78, 5) is 28.4. The van der Waals surface area contributed by atoms with Crippen LogP contribution in [-0.4, -0.2) is 60.9 Å². The molecular weight excluding hydrogens is 458 g/mol. The molecule has 0 fully saturated rings. The number of fused-ring (bicyclic) bond motifs is 1. The molecule has 0 radical (unpaired) electrons. The number of imidazole rings is 1. The van der Waals surface area contributed by atoms with Crippen molar-refractivity contribution < 1.29 is 22.7 Å². The van der Waals surface area contributed by atoms with E-state index in [-0.39, 0.29) is 10.8 Å². The first-order valence-corrected chi connectivity index (χ1v) is 12.3. The largest absolute Gasteiger partial charge is 0.382 e. The highest BCUT2D eigenvalue weighted by Gasteiger charge is 2.24. The van der Waals surface area contributed by atoms with Crippen LogP contribution in [0.5, 0.6) is 0 Å². The zero-order valence-electron chi connectivity index (χ0n) is 19.4. The van der Waals surface area contributed by atoms with Gasteiger partial charge in [-0.1, -0.05) is 12.1 Å². The van der Waals surface area contributed by atoms with E-state index in [4.69, 9.17) is 4.74 Å². The topological polar surface area (TPSA) is 123 Å². The number of rotatable bonds is 11. The molecule has 34 heavy (non-hydrogen) atoms. The number of hydrogen-bond acceptors (Lipinski definition) is 6. The van der Waals surface area contributed by atoms with Crippen LogP contribution in [0.1, 0.15) is 20.3 Å². The molecule has 0 unspecified atom stereocenters. The number of anilines is 2. The lowest BCUT2D eigenvalue weighted by Crippen LogP contribution is -2.35. The Kier molecular flexibility index (Phi) is 8.37. The van der Waals surface area contributed by atoms with Crippen LogP contribution in [0.15, 0.2) is 53.4 Å². The number of carbonyl (C=O) groups is 2. The van der Waals surface area contributed by atoms with E-state index >= 15 is 0 Å². The molecule has 0 atom stereocenters. The van der Waals surface area contributed by atoms with Crippen molar-refractivity contribution in [1.29, 1.82) is 0 Å². The first-order valence-electron chi connectivity index (χ1n) is 10.9. The van der Waals surface area contributed by atoms with Crippen LogP contribution >= 0.6 is 0 Å². The molecule has 1 heterocycles. The van der Waals surface area contributed by atoms with Gasteiger partial charge in [0.05, 0.1) is 22.5 Å². The van der Waals surface area contributed by atoms with Crippen LogP contribution in [0, 0.1) is 0 Å².